The Morgan fingerprint density at radius 2 is 1.46 bits per heavy atom. The van der Waals surface area contributed by atoms with Gasteiger partial charge in [-0.05, 0) is 0 Å². The number of hydrogen-bond donors (Lipinski definition) is 0. The Labute approximate surface area is 67.5 Å². The minimum absolute atomic E-state index is 1.07. The molecule has 0 aromatic rings. The van der Waals surface area contributed by atoms with Crippen molar-refractivity contribution in [2.24, 2.45) is 5.92 Å². The van der Waals surface area contributed by atoms with Crippen LogP contribution in [0.1, 0.15) is 0 Å². The minimum atomic E-state index is -5.65. The van der Waals surface area contributed by atoms with Gasteiger partial charge in [-0.15, -0.1) is 0 Å². The normalized spacial score (nSPS) is 15.2. The smallest absolute Gasteiger partial charge is 0.302 e. The van der Waals surface area contributed by atoms with Crippen molar-refractivity contribution in [2.45, 2.75) is 12.4 Å². The lowest BCUT2D eigenvalue weighted by Gasteiger charge is -2.14. The first-order valence-corrected chi connectivity index (χ1v) is 2.73. The third-order valence-corrected chi connectivity index (χ3v) is 1.05. The van der Waals surface area contributed by atoms with Crippen LogP contribution in [0.25, 0.3) is 0 Å². The standard InChI is InChI=1S/C5H2F6O2/c6-4(7,8)2(1-12)3(13)5(9,10)11/h1-2H. The number of alkyl halides is 6. The summed E-state index contributed by atoms with van der Waals surface area (Å²) in [6.07, 6.45) is -12.2. The average molecular weight is 208 g/mol. The summed E-state index contributed by atoms with van der Waals surface area (Å²) in [6, 6.07) is 0. The lowest BCUT2D eigenvalue weighted by molar-refractivity contribution is -0.207. The van der Waals surface area contributed by atoms with Crippen LogP contribution in [0, 0.1) is 5.92 Å². The van der Waals surface area contributed by atoms with E-state index >= 15 is 0 Å². The van der Waals surface area contributed by atoms with E-state index in [1.165, 1.54) is 0 Å². The summed E-state index contributed by atoms with van der Waals surface area (Å²) < 4.78 is 68.9. The van der Waals surface area contributed by atoms with Crippen LogP contribution >= 0.6 is 0 Å². The van der Waals surface area contributed by atoms with Crippen molar-refractivity contribution < 1.29 is 35.9 Å². The molecule has 0 aliphatic heterocycles. The van der Waals surface area contributed by atoms with E-state index in [2.05, 4.69) is 0 Å². The van der Waals surface area contributed by atoms with Gasteiger partial charge in [0.2, 0.25) is 0 Å². The lowest BCUT2D eigenvalue weighted by atomic mass is 10.1. The zero-order valence-electron chi connectivity index (χ0n) is 5.74. The van der Waals surface area contributed by atoms with E-state index in [1.807, 2.05) is 0 Å². The topological polar surface area (TPSA) is 34.1 Å². The average Bonchev–Trinajstić information content (AvgIpc) is 1.83. The number of Topliss-reactive ketones (excluding diaryl/α,β-unsaturated/α-hetero) is 1. The van der Waals surface area contributed by atoms with Gasteiger partial charge in [-0.3, -0.25) is 4.79 Å². The Kier molecular flexibility index (Phi) is 3.07. The Morgan fingerprint density at radius 1 is 1.08 bits per heavy atom. The number of hydrogen-bond acceptors (Lipinski definition) is 2. The first-order chi connectivity index (χ1) is 5.60. The fraction of sp³-hybridized carbons (Fsp3) is 0.600. The molecule has 0 fully saturated rings. The second-order valence-electron chi connectivity index (χ2n) is 2.02. The molecule has 13 heavy (non-hydrogen) atoms. The zero-order valence-corrected chi connectivity index (χ0v) is 5.74. The van der Waals surface area contributed by atoms with Gasteiger partial charge in [-0.1, -0.05) is 0 Å². The van der Waals surface area contributed by atoms with E-state index in [-0.39, 0.29) is 0 Å². The second-order valence-corrected chi connectivity index (χ2v) is 2.02. The molecule has 0 amide bonds. The predicted molar refractivity (Wildman–Crippen MR) is 26.7 cm³/mol. The monoisotopic (exact) mass is 208 g/mol. The molecule has 0 spiro atoms. The van der Waals surface area contributed by atoms with Crippen molar-refractivity contribution >= 4 is 12.1 Å². The van der Waals surface area contributed by atoms with Crippen LogP contribution < -0.4 is 0 Å². The molecular formula is C5H2F6O2. The van der Waals surface area contributed by atoms with E-state index in [0.717, 1.165) is 0 Å². The second kappa shape index (κ2) is 3.35. The number of rotatable bonds is 2. The highest BCUT2D eigenvalue weighted by molar-refractivity contribution is 5.97. The first-order valence-electron chi connectivity index (χ1n) is 2.73. The Hall–Kier alpha value is -1.08. The van der Waals surface area contributed by atoms with E-state index < -0.39 is 30.3 Å². The van der Waals surface area contributed by atoms with Crippen LogP contribution in [0.3, 0.4) is 0 Å². The molecule has 0 aromatic heterocycles. The molecular weight excluding hydrogens is 206 g/mol. The van der Waals surface area contributed by atoms with Gasteiger partial charge in [0.1, 0.15) is 6.29 Å². The summed E-state index contributed by atoms with van der Waals surface area (Å²) in [7, 11) is 0. The van der Waals surface area contributed by atoms with Crippen molar-refractivity contribution in [1.82, 2.24) is 0 Å². The number of carbonyl (C=O) groups excluding carboxylic acids is 2. The number of ketones is 1. The number of aldehydes is 1. The Morgan fingerprint density at radius 3 is 1.54 bits per heavy atom. The maximum absolute atomic E-state index is 11.5. The molecule has 0 N–H and O–H groups in total. The van der Waals surface area contributed by atoms with E-state index in [0.29, 0.717) is 0 Å². The van der Waals surface area contributed by atoms with Gasteiger partial charge in [0.05, 0.1) is 0 Å². The van der Waals surface area contributed by atoms with Crippen LogP contribution in [0.5, 0.6) is 0 Å². The maximum atomic E-state index is 11.5. The molecule has 1 unspecified atom stereocenters. The van der Waals surface area contributed by atoms with Gasteiger partial charge >= 0.3 is 12.4 Å². The quantitative estimate of drug-likeness (QED) is 0.391. The van der Waals surface area contributed by atoms with Crippen LogP contribution in [0.2, 0.25) is 0 Å². The molecule has 2 nitrogen and oxygen atoms in total. The van der Waals surface area contributed by atoms with Crippen molar-refractivity contribution in [3.63, 3.8) is 0 Å². The van der Waals surface area contributed by atoms with Gasteiger partial charge in [-0.2, -0.15) is 26.3 Å². The first kappa shape index (κ1) is 11.9. The number of carbonyl (C=O) groups is 2. The fourth-order valence-corrected chi connectivity index (χ4v) is 0.464. The third-order valence-electron chi connectivity index (χ3n) is 1.05. The fourth-order valence-electron chi connectivity index (χ4n) is 0.464. The SMILES string of the molecule is O=CC(C(=O)C(F)(F)F)C(F)(F)F. The molecule has 1 atom stereocenters. The predicted octanol–water partition coefficient (Wildman–Crippen LogP) is 1.50. The largest absolute Gasteiger partial charge is 0.451 e. The van der Waals surface area contributed by atoms with Crippen LogP contribution in [0.4, 0.5) is 26.3 Å². The van der Waals surface area contributed by atoms with Gasteiger partial charge in [0.25, 0.3) is 5.78 Å². The van der Waals surface area contributed by atoms with Gasteiger partial charge < -0.3 is 4.79 Å². The number of halogens is 6. The van der Waals surface area contributed by atoms with E-state index in [1.54, 1.807) is 0 Å². The van der Waals surface area contributed by atoms with Crippen molar-refractivity contribution in [3.8, 4) is 0 Å². The molecule has 0 saturated heterocycles. The third kappa shape index (κ3) is 3.03. The summed E-state index contributed by atoms with van der Waals surface area (Å²) >= 11 is 0. The summed E-state index contributed by atoms with van der Waals surface area (Å²) in [5.41, 5.74) is 0. The van der Waals surface area contributed by atoms with Crippen molar-refractivity contribution in [2.75, 3.05) is 0 Å². The van der Waals surface area contributed by atoms with Gasteiger partial charge in [0.15, 0.2) is 5.92 Å². The van der Waals surface area contributed by atoms with Crippen LogP contribution in [-0.4, -0.2) is 24.4 Å². The van der Waals surface area contributed by atoms with Crippen molar-refractivity contribution in [3.05, 3.63) is 0 Å². The lowest BCUT2D eigenvalue weighted by Crippen LogP contribution is -2.40. The van der Waals surface area contributed by atoms with Gasteiger partial charge in [0, 0.05) is 0 Å². The molecule has 76 valence electrons. The molecule has 0 aromatic carbocycles. The van der Waals surface area contributed by atoms with E-state index in [4.69, 9.17) is 0 Å². The summed E-state index contributed by atoms with van der Waals surface area (Å²) in [5, 5.41) is 0. The summed E-state index contributed by atoms with van der Waals surface area (Å²) in [6.45, 7) is 0. The van der Waals surface area contributed by atoms with Crippen LogP contribution in [-0.2, 0) is 9.59 Å². The highest BCUT2D eigenvalue weighted by Gasteiger charge is 2.54. The van der Waals surface area contributed by atoms with Gasteiger partial charge in [-0.25, -0.2) is 0 Å². The molecule has 0 radical (unpaired) electrons. The summed E-state index contributed by atoms with van der Waals surface area (Å²) in [4.78, 5) is 19.6. The highest BCUT2D eigenvalue weighted by Crippen LogP contribution is 2.31. The zero-order chi connectivity index (χ0) is 10.9. The molecule has 0 aliphatic carbocycles. The molecule has 0 aliphatic rings. The molecule has 0 rings (SSSR count). The van der Waals surface area contributed by atoms with Crippen molar-refractivity contribution in [1.29, 1.82) is 0 Å². The minimum Gasteiger partial charge on any atom is -0.302 e. The summed E-state index contributed by atoms with van der Waals surface area (Å²) in [5.74, 6) is -6.72. The van der Waals surface area contributed by atoms with E-state index in [9.17, 15) is 35.9 Å². The Balaban J connectivity index is 4.82. The van der Waals surface area contributed by atoms with Crippen LogP contribution in [0.15, 0.2) is 0 Å². The molecule has 0 heterocycles. The maximum Gasteiger partial charge on any atom is 0.451 e. The highest BCUT2D eigenvalue weighted by atomic mass is 19.4. The Bertz CT molecular complexity index is 214. The molecule has 0 saturated carbocycles. The molecule has 8 heteroatoms. The molecule has 0 bridgehead atoms.